The van der Waals surface area contributed by atoms with E-state index >= 15 is 0 Å². The summed E-state index contributed by atoms with van der Waals surface area (Å²) in [6.45, 7) is 15.5. The van der Waals surface area contributed by atoms with Crippen molar-refractivity contribution in [2.45, 2.75) is 58.2 Å². The standard InChI is InChI=1S/C32H40N6O/c1-6-29(39)37-17-23(4)38(18-22(37)3)32-26-14-16-36(28-12-8-11-24-10-7-9-21(2)30(24)28)20-27(26)33-31(34-32)25-13-15-35(5)19-25/h6-12,22-23,25H,1,13-20H2,2-5H3/t22-,23+,25?/m1/s1. The van der Waals surface area contributed by atoms with Crippen LogP contribution in [0.25, 0.3) is 10.8 Å². The van der Waals surface area contributed by atoms with Crippen LogP contribution in [0.5, 0.6) is 0 Å². The van der Waals surface area contributed by atoms with Crippen LogP contribution in [-0.4, -0.2) is 77.5 Å². The van der Waals surface area contributed by atoms with Crippen molar-refractivity contribution in [3.8, 4) is 0 Å². The molecule has 1 unspecified atom stereocenters. The first-order valence-electron chi connectivity index (χ1n) is 14.3. The molecular weight excluding hydrogens is 484 g/mol. The lowest BCUT2D eigenvalue weighted by Crippen LogP contribution is -2.58. The third kappa shape index (κ3) is 4.67. The third-order valence-electron chi connectivity index (χ3n) is 8.96. The van der Waals surface area contributed by atoms with E-state index in [4.69, 9.17) is 9.97 Å². The van der Waals surface area contributed by atoms with Gasteiger partial charge in [0.15, 0.2) is 0 Å². The second-order valence-electron chi connectivity index (χ2n) is 11.7. The van der Waals surface area contributed by atoms with Crippen LogP contribution in [-0.2, 0) is 17.8 Å². The van der Waals surface area contributed by atoms with Crippen molar-refractivity contribution in [2.75, 3.05) is 49.6 Å². The van der Waals surface area contributed by atoms with Gasteiger partial charge < -0.3 is 19.6 Å². The van der Waals surface area contributed by atoms with Crippen LogP contribution in [0, 0.1) is 6.92 Å². The Morgan fingerprint density at radius 3 is 2.56 bits per heavy atom. The molecule has 0 bridgehead atoms. The average Bonchev–Trinajstić information content (AvgIpc) is 3.39. The molecule has 3 aliphatic rings. The number of nitrogens with zero attached hydrogens (tertiary/aromatic N) is 6. The highest BCUT2D eigenvalue weighted by Crippen LogP contribution is 2.37. The number of rotatable bonds is 4. The Labute approximate surface area is 232 Å². The van der Waals surface area contributed by atoms with E-state index in [1.54, 1.807) is 0 Å². The number of piperazine rings is 1. The summed E-state index contributed by atoms with van der Waals surface area (Å²) in [5, 5.41) is 2.62. The van der Waals surface area contributed by atoms with Gasteiger partial charge in [-0.1, -0.05) is 36.9 Å². The molecular formula is C32H40N6O. The van der Waals surface area contributed by atoms with Crippen molar-refractivity contribution >= 4 is 28.2 Å². The summed E-state index contributed by atoms with van der Waals surface area (Å²) in [5.74, 6) is 2.43. The largest absolute Gasteiger partial charge is 0.365 e. The summed E-state index contributed by atoms with van der Waals surface area (Å²) in [5.41, 5.74) is 5.03. The first kappa shape index (κ1) is 25.8. The summed E-state index contributed by atoms with van der Waals surface area (Å²) >= 11 is 0. The normalized spacial score (nSPS) is 23.8. The number of carbonyl (C=O) groups excluding carboxylic acids is 1. The number of hydrogen-bond acceptors (Lipinski definition) is 6. The lowest BCUT2D eigenvalue weighted by molar-refractivity contribution is -0.128. The molecule has 7 heteroatoms. The number of benzene rings is 2. The van der Waals surface area contributed by atoms with E-state index in [0.717, 1.165) is 62.9 Å². The van der Waals surface area contributed by atoms with Crippen molar-refractivity contribution in [3.63, 3.8) is 0 Å². The maximum absolute atomic E-state index is 12.5. The Morgan fingerprint density at radius 2 is 1.82 bits per heavy atom. The monoisotopic (exact) mass is 524 g/mol. The summed E-state index contributed by atoms with van der Waals surface area (Å²) < 4.78 is 0. The van der Waals surface area contributed by atoms with Crippen molar-refractivity contribution in [1.82, 2.24) is 19.8 Å². The lowest BCUT2D eigenvalue weighted by Gasteiger charge is -2.45. The Morgan fingerprint density at radius 1 is 1.03 bits per heavy atom. The van der Waals surface area contributed by atoms with Crippen molar-refractivity contribution in [3.05, 3.63) is 71.7 Å². The van der Waals surface area contributed by atoms with Gasteiger partial charge in [0.25, 0.3) is 0 Å². The maximum atomic E-state index is 12.5. The molecule has 39 heavy (non-hydrogen) atoms. The van der Waals surface area contributed by atoms with E-state index in [-0.39, 0.29) is 18.0 Å². The number of fused-ring (bicyclic) bond motifs is 2. The van der Waals surface area contributed by atoms with Crippen LogP contribution in [0.3, 0.4) is 0 Å². The summed E-state index contributed by atoms with van der Waals surface area (Å²) in [6, 6.07) is 13.5. The highest BCUT2D eigenvalue weighted by Gasteiger charge is 2.36. The number of carbonyl (C=O) groups is 1. The van der Waals surface area contributed by atoms with Crippen LogP contribution in [0.15, 0.2) is 49.1 Å². The molecule has 2 aromatic carbocycles. The van der Waals surface area contributed by atoms with Gasteiger partial charge in [0, 0.05) is 60.8 Å². The quantitative estimate of drug-likeness (QED) is 0.468. The van der Waals surface area contributed by atoms with E-state index in [9.17, 15) is 4.79 Å². The molecule has 0 aliphatic carbocycles. The van der Waals surface area contributed by atoms with Gasteiger partial charge in [0.1, 0.15) is 11.6 Å². The molecule has 0 radical (unpaired) electrons. The van der Waals surface area contributed by atoms with Crippen LogP contribution < -0.4 is 9.80 Å². The van der Waals surface area contributed by atoms with E-state index < -0.39 is 0 Å². The Bertz CT molecular complexity index is 1410. The molecule has 0 N–H and O–H groups in total. The zero-order chi connectivity index (χ0) is 27.3. The molecule has 6 rings (SSSR count). The number of anilines is 2. The molecule has 3 aliphatic heterocycles. The minimum Gasteiger partial charge on any atom is -0.365 e. The van der Waals surface area contributed by atoms with Crippen LogP contribution in [0.1, 0.15) is 48.8 Å². The Balaban J connectivity index is 1.39. The van der Waals surface area contributed by atoms with E-state index in [2.05, 4.69) is 85.5 Å². The topological polar surface area (TPSA) is 55.8 Å². The second kappa shape index (κ2) is 10.3. The van der Waals surface area contributed by atoms with Crippen molar-refractivity contribution in [1.29, 1.82) is 0 Å². The maximum Gasteiger partial charge on any atom is 0.246 e. The number of hydrogen-bond donors (Lipinski definition) is 0. The highest BCUT2D eigenvalue weighted by atomic mass is 16.2. The molecule has 1 aromatic heterocycles. The van der Waals surface area contributed by atoms with Gasteiger partial charge in [0.05, 0.1) is 12.2 Å². The van der Waals surface area contributed by atoms with Crippen LogP contribution in [0.2, 0.25) is 0 Å². The fourth-order valence-corrected chi connectivity index (χ4v) is 6.82. The molecule has 4 heterocycles. The molecule has 0 spiro atoms. The molecule has 7 nitrogen and oxygen atoms in total. The lowest BCUT2D eigenvalue weighted by atomic mass is 9.98. The van der Waals surface area contributed by atoms with Gasteiger partial charge in [-0.3, -0.25) is 4.79 Å². The number of likely N-dealkylation sites (N-methyl/N-ethyl adjacent to an activating group) is 1. The van der Waals surface area contributed by atoms with Gasteiger partial charge in [-0.05, 0) is 70.3 Å². The van der Waals surface area contributed by atoms with Gasteiger partial charge in [-0.15, -0.1) is 0 Å². The number of likely N-dealkylation sites (tertiary alicyclic amines) is 1. The first-order valence-corrected chi connectivity index (χ1v) is 14.3. The highest BCUT2D eigenvalue weighted by molar-refractivity contribution is 5.97. The number of aryl methyl sites for hydroxylation is 1. The predicted molar refractivity (Wildman–Crippen MR) is 159 cm³/mol. The van der Waals surface area contributed by atoms with Gasteiger partial charge in [0.2, 0.25) is 5.91 Å². The molecule has 3 aromatic rings. The summed E-state index contributed by atoms with van der Waals surface area (Å²) in [7, 11) is 2.18. The molecule has 3 atom stereocenters. The van der Waals surface area contributed by atoms with E-state index in [0.29, 0.717) is 12.5 Å². The van der Waals surface area contributed by atoms with Gasteiger partial charge in [-0.25, -0.2) is 9.97 Å². The molecule has 1 amide bonds. The first-order chi connectivity index (χ1) is 18.8. The number of aromatic nitrogens is 2. The second-order valence-corrected chi connectivity index (χ2v) is 11.7. The summed E-state index contributed by atoms with van der Waals surface area (Å²) in [6.07, 6.45) is 3.43. The molecule has 2 saturated heterocycles. The SMILES string of the molecule is C=CC(=O)N1C[C@H](C)N(c2nc(C3CCN(C)C3)nc3c2CCN(c2cccc4cccc(C)c24)C3)C[C@H]1C. The van der Waals surface area contributed by atoms with Gasteiger partial charge >= 0.3 is 0 Å². The minimum atomic E-state index is 0.00872. The van der Waals surface area contributed by atoms with E-state index in [1.165, 1.54) is 33.7 Å². The zero-order valence-electron chi connectivity index (χ0n) is 23.7. The van der Waals surface area contributed by atoms with Gasteiger partial charge in [-0.2, -0.15) is 0 Å². The predicted octanol–water partition coefficient (Wildman–Crippen LogP) is 4.53. The Hall–Kier alpha value is -3.45. The number of amides is 1. The Kier molecular flexibility index (Phi) is 6.79. The zero-order valence-corrected chi connectivity index (χ0v) is 23.7. The average molecular weight is 525 g/mol. The van der Waals surface area contributed by atoms with Crippen LogP contribution in [0.4, 0.5) is 11.5 Å². The van der Waals surface area contributed by atoms with E-state index in [1.807, 2.05) is 4.90 Å². The minimum absolute atomic E-state index is 0.00872. The van der Waals surface area contributed by atoms with Crippen molar-refractivity contribution in [2.24, 2.45) is 0 Å². The molecule has 204 valence electrons. The van der Waals surface area contributed by atoms with Crippen molar-refractivity contribution < 1.29 is 4.79 Å². The smallest absolute Gasteiger partial charge is 0.246 e. The summed E-state index contributed by atoms with van der Waals surface area (Å²) in [4.78, 5) is 32.4. The van der Waals surface area contributed by atoms with Crippen LogP contribution >= 0.6 is 0 Å². The third-order valence-corrected chi connectivity index (χ3v) is 8.96. The molecule has 2 fully saturated rings. The fraction of sp³-hybridized carbons (Fsp3) is 0.469. The molecule has 0 saturated carbocycles. The fourth-order valence-electron chi connectivity index (χ4n) is 6.82.